The Balaban J connectivity index is 2.95. The topological polar surface area (TPSA) is 46.5 Å². The van der Waals surface area contributed by atoms with Crippen LogP contribution in [0.15, 0.2) is 12.1 Å². The molecule has 0 aromatic heterocycles. The summed E-state index contributed by atoms with van der Waals surface area (Å²) >= 11 is 0. The highest BCUT2D eigenvalue weighted by Crippen LogP contribution is 2.38. The number of ether oxygens (including phenoxy) is 1. The van der Waals surface area contributed by atoms with E-state index in [9.17, 15) is 23.1 Å². The molecule has 3 nitrogen and oxygen atoms in total. The van der Waals surface area contributed by atoms with Crippen LogP contribution in [0.4, 0.5) is 13.2 Å². The van der Waals surface area contributed by atoms with E-state index in [1.807, 2.05) is 0 Å². The van der Waals surface area contributed by atoms with E-state index in [-0.39, 0.29) is 24.0 Å². The summed E-state index contributed by atoms with van der Waals surface area (Å²) in [4.78, 5) is 11.6. The third kappa shape index (κ3) is 4.95. The minimum atomic E-state index is -4.58. The van der Waals surface area contributed by atoms with Crippen molar-refractivity contribution < 1.29 is 27.8 Å². The van der Waals surface area contributed by atoms with Gasteiger partial charge in [-0.15, -0.1) is 0 Å². The summed E-state index contributed by atoms with van der Waals surface area (Å²) in [5.41, 5.74) is -1.81. The molecule has 0 fully saturated rings. The fraction of sp³-hybridized carbons (Fsp3) is 0.533. The number of aromatic hydroxyl groups is 1. The van der Waals surface area contributed by atoms with E-state index in [1.165, 1.54) is 19.1 Å². The van der Waals surface area contributed by atoms with Crippen LogP contribution in [0, 0.1) is 6.92 Å². The summed E-state index contributed by atoms with van der Waals surface area (Å²) < 4.78 is 44.2. The Morgan fingerprint density at radius 1 is 1.24 bits per heavy atom. The van der Waals surface area contributed by atoms with Gasteiger partial charge in [-0.05, 0) is 45.7 Å². The number of esters is 1. The lowest BCUT2D eigenvalue weighted by molar-refractivity contribution is -0.155. The molecule has 0 bridgehead atoms. The van der Waals surface area contributed by atoms with Crippen LogP contribution in [0.5, 0.6) is 5.75 Å². The van der Waals surface area contributed by atoms with Gasteiger partial charge < -0.3 is 9.84 Å². The van der Waals surface area contributed by atoms with E-state index >= 15 is 0 Å². The minimum Gasteiger partial charge on any atom is -0.508 e. The van der Waals surface area contributed by atoms with Crippen LogP contribution in [0.1, 0.15) is 43.9 Å². The number of halogens is 3. The van der Waals surface area contributed by atoms with Gasteiger partial charge in [0.05, 0.1) is 5.56 Å². The molecule has 6 heteroatoms. The van der Waals surface area contributed by atoms with Crippen molar-refractivity contribution in [1.82, 2.24) is 0 Å². The van der Waals surface area contributed by atoms with E-state index in [0.29, 0.717) is 0 Å². The van der Waals surface area contributed by atoms with Crippen molar-refractivity contribution >= 4 is 5.97 Å². The molecule has 0 aliphatic rings. The van der Waals surface area contributed by atoms with Gasteiger partial charge in [0.25, 0.3) is 0 Å². The predicted octanol–water partition coefficient (Wildman–Crippen LogP) is 3.99. The maximum Gasteiger partial charge on any atom is 0.417 e. The molecular weight excluding hydrogens is 285 g/mol. The molecule has 0 unspecified atom stereocenters. The fourth-order valence-electron chi connectivity index (χ4n) is 1.99. The number of carbonyl (C=O) groups is 1. The van der Waals surface area contributed by atoms with Gasteiger partial charge in [0, 0.05) is 12.0 Å². The molecule has 0 aliphatic carbocycles. The average Bonchev–Trinajstić information content (AvgIpc) is 2.26. The number of carbonyl (C=O) groups excluding carboxylic acids is 1. The lowest BCUT2D eigenvalue weighted by Crippen LogP contribution is -2.24. The number of aryl methyl sites for hydroxylation is 1. The van der Waals surface area contributed by atoms with Crippen LogP contribution in [-0.4, -0.2) is 16.7 Å². The fourth-order valence-corrected chi connectivity index (χ4v) is 1.99. The number of phenols is 1. The van der Waals surface area contributed by atoms with Crippen LogP contribution < -0.4 is 0 Å². The van der Waals surface area contributed by atoms with E-state index < -0.39 is 29.1 Å². The molecule has 0 heterocycles. The summed E-state index contributed by atoms with van der Waals surface area (Å²) in [6, 6.07) is 2.39. The maximum atomic E-state index is 13.1. The monoisotopic (exact) mass is 304 g/mol. The first-order valence-corrected chi connectivity index (χ1v) is 6.52. The molecule has 1 rings (SSSR count). The number of hydrogen-bond donors (Lipinski definition) is 1. The van der Waals surface area contributed by atoms with E-state index in [4.69, 9.17) is 4.74 Å². The smallest absolute Gasteiger partial charge is 0.417 e. The Bertz CT molecular complexity index is 528. The van der Waals surface area contributed by atoms with Crippen molar-refractivity contribution in [2.75, 3.05) is 0 Å². The molecule has 0 saturated heterocycles. The summed E-state index contributed by atoms with van der Waals surface area (Å²) in [7, 11) is 0. The maximum absolute atomic E-state index is 13.1. The summed E-state index contributed by atoms with van der Waals surface area (Å²) in [5.74, 6) is -0.968. The quantitative estimate of drug-likeness (QED) is 0.859. The second-order valence-corrected chi connectivity index (χ2v) is 5.83. The third-order valence-electron chi connectivity index (χ3n) is 2.82. The molecule has 0 atom stereocenters. The summed E-state index contributed by atoms with van der Waals surface area (Å²) in [6.07, 6.45) is -4.82. The second-order valence-electron chi connectivity index (χ2n) is 5.83. The molecule has 0 saturated carbocycles. The minimum absolute atomic E-state index is 0.0244. The predicted molar refractivity (Wildman–Crippen MR) is 72.0 cm³/mol. The van der Waals surface area contributed by atoms with Crippen molar-refractivity contribution in [3.05, 3.63) is 28.8 Å². The first-order valence-electron chi connectivity index (χ1n) is 6.52. The molecule has 0 radical (unpaired) electrons. The van der Waals surface area contributed by atoms with Crippen molar-refractivity contribution in [2.24, 2.45) is 0 Å². The van der Waals surface area contributed by atoms with Crippen molar-refractivity contribution in [2.45, 2.75) is 52.3 Å². The number of alkyl halides is 3. The van der Waals surface area contributed by atoms with Crippen LogP contribution in [0.3, 0.4) is 0 Å². The lowest BCUT2D eigenvalue weighted by Gasteiger charge is -2.20. The van der Waals surface area contributed by atoms with E-state index in [1.54, 1.807) is 20.8 Å². The first kappa shape index (κ1) is 17.3. The van der Waals surface area contributed by atoms with Crippen molar-refractivity contribution in [3.8, 4) is 5.75 Å². The highest BCUT2D eigenvalue weighted by atomic mass is 19.4. The highest BCUT2D eigenvalue weighted by Gasteiger charge is 2.36. The highest BCUT2D eigenvalue weighted by molar-refractivity contribution is 5.70. The second kappa shape index (κ2) is 5.95. The normalized spacial score (nSPS) is 12.3. The van der Waals surface area contributed by atoms with Crippen molar-refractivity contribution in [1.29, 1.82) is 0 Å². The molecule has 21 heavy (non-hydrogen) atoms. The molecule has 1 N–H and O–H groups in total. The molecule has 1 aromatic rings. The van der Waals surface area contributed by atoms with Crippen LogP contribution in [0.25, 0.3) is 0 Å². The molecule has 1 aromatic carbocycles. The Kier molecular flexibility index (Phi) is 4.91. The summed E-state index contributed by atoms with van der Waals surface area (Å²) in [6.45, 7) is 6.28. The lowest BCUT2D eigenvalue weighted by atomic mass is 9.97. The Morgan fingerprint density at radius 3 is 2.29 bits per heavy atom. The Hall–Kier alpha value is -1.72. The third-order valence-corrected chi connectivity index (χ3v) is 2.82. The standard InChI is InChI=1S/C15H19F3O3/c1-9-11(19)7-5-10(13(9)15(16,17)18)6-8-12(20)21-14(2,3)4/h5,7,19H,6,8H2,1-4H3. The van der Waals surface area contributed by atoms with Gasteiger partial charge in [0.1, 0.15) is 11.4 Å². The number of rotatable bonds is 3. The van der Waals surface area contributed by atoms with Gasteiger partial charge in [-0.2, -0.15) is 13.2 Å². The zero-order valence-electron chi connectivity index (χ0n) is 12.5. The van der Waals surface area contributed by atoms with Crippen molar-refractivity contribution in [3.63, 3.8) is 0 Å². The molecule has 0 amide bonds. The van der Waals surface area contributed by atoms with Gasteiger partial charge in [0.2, 0.25) is 0 Å². The summed E-state index contributed by atoms with van der Waals surface area (Å²) in [5, 5.41) is 9.43. The number of phenolic OH excluding ortho intramolecular Hbond substituents is 1. The van der Waals surface area contributed by atoms with Gasteiger partial charge in [-0.25, -0.2) is 0 Å². The van der Waals surface area contributed by atoms with Crippen LogP contribution in [0.2, 0.25) is 0 Å². The van der Waals surface area contributed by atoms with Gasteiger partial charge in [-0.1, -0.05) is 6.07 Å². The van der Waals surface area contributed by atoms with Gasteiger partial charge >= 0.3 is 12.1 Å². The van der Waals surface area contributed by atoms with Crippen LogP contribution >= 0.6 is 0 Å². The molecule has 0 spiro atoms. The van der Waals surface area contributed by atoms with E-state index in [2.05, 4.69) is 0 Å². The van der Waals surface area contributed by atoms with Gasteiger partial charge in [0.15, 0.2) is 0 Å². The first-order chi connectivity index (χ1) is 9.42. The number of benzene rings is 1. The Morgan fingerprint density at radius 2 is 1.81 bits per heavy atom. The molecular formula is C15H19F3O3. The number of hydrogen-bond acceptors (Lipinski definition) is 3. The average molecular weight is 304 g/mol. The zero-order chi connectivity index (χ0) is 16.4. The Labute approximate surface area is 121 Å². The largest absolute Gasteiger partial charge is 0.508 e. The van der Waals surface area contributed by atoms with E-state index in [0.717, 1.165) is 0 Å². The van der Waals surface area contributed by atoms with Crippen LogP contribution in [-0.2, 0) is 22.1 Å². The van der Waals surface area contributed by atoms with Gasteiger partial charge in [-0.3, -0.25) is 4.79 Å². The molecule has 118 valence electrons. The SMILES string of the molecule is Cc1c(O)ccc(CCC(=O)OC(C)(C)C)c1C(F)(F)F. The zero-order valence-corrected chi connectivity index (χ0v) is 12.5. The molecule has 0 aliphatic heterocycles.